The molecular weight excluding hydrogens is 270 g/mol. The fraction of sp³-hybridized carbons (Fsp3) is 0.800. The molecule has 1 aliphatic rings. The quantitative estimate of drug-likeness (QED) is 0.869. The van der Waals surface area contributed by atoms with Crippen molar-refractivity contribution in [2.75, 3.05) is 7.05 Å². The van der Waals surface area contributed by atoms with Gasteiger partial charge < -0.3 is 9.63 Å². The summed E-state index contributed by atoms with van der Waals surface area (Å²) < 4.78 is 5.29. The molecule has 0 saturated heterocycles. The number of nitrogens with zero attached hydrogens (tertiary/aromatic N) is 3. The van der Waals surface area contributed by atoms with Gasteiger partial charge in [-0.05, 0) is 19.9 Å². The van der Waals surface area contributed by atoms with Gasteiger partial charge in [-0.3, -0.25) is 9.69 Å². The summed E-state index contributed by atoms with van der Waals surface area (Å²) >= 11 is 0. The maximum atomic E-state index is 11.2. The average molecular weight is 295 g/mol. The van der Waals surface area contributed by atoms with Gasteiger partial charge in [-0.1, -0.05) is 38.3 Å². The maximum absolute atomic E-state index is 11.2. The molecule has 1 aromatic heterocycles. The normalized spacial score (nSPS) is 18.3. The van der Waals surface area contributed by atoms with E-state index in [2.05, 4.69) is 15.0 Å². The van der Waals surface area contributed by atoms with E-state index in [1.54, 1.807) is 0 Å². The lowest BCUT2D eigenvalue weighted by Gasteiger charge is -2.43. The first kappa shape index (κ1) is 15.9. The van der Waals surface area contributed by atoms with Gasteiger partial charge in [0.25, 0.3) is 0 Å². The number of carbonyl (C=O) groups is 1. The van der Waals surface area contributed by atoms with E-state index < -0.39 is 5.97 Å². The topological polar surface area (TPSA) is 79.5 Å². The predicted octanol–water partition coefficient (Wildman–Crippen LogP) is 2.80. The van der Waals surface area contributed by atoms with Crippen molar-refractivity contribution < 1.29 is 14.4 Å². The second kappa shape index (κ2) is 6.56. The fourth-order valence-electron chi connectivity index (χ4n) is 3.12. The van der Waals surface area contributed by atoms with Gasteiger partial charge in [-0.2, -0.15) is 4.98 Å². The zero-order valence-corrected chi connectivity index (χ0v) is 13.1. The highest BCUT2D eigenvalue weighted by Gasteiger charge is 2.38. The van der Waals surface area contributed by atoms with Crippen LogP contribution in [0, 0.1) is 0 Å². The van der Waals surface area contributed by atoms with Crippen LogP contribution in [-0.2, 0) is 11.3 Å². The average Bonchev–Trinajstić information content (AvgIpc) is 2.87. The van der Waals surface area contributed by atoms with E-state index >= 15 is 0 Å². The molecular formula is C15H25N3O3. The molecule has 0 aliphatic heterocycles. The summed E-state index contributed by atoms with van der Waals surface area (Å²) in [6.07, 6.45) is 5.36. The molecule has 0 bridgehead atoms. The molecule has 6 nitrogen and oxygen atoms in total. The molecule has 0 spiro atoms. The number of carboxylic acids is 1. The molecule has 0 aromatic carbocycles. The SMILES string of the molecule is CC(C)c1noc(CN(C)C2(CC(=O)O)CCCCC2)n1. The number of rotatable bonds is 6. The largest absolute Gasteiger partial charge is 0.481 e. The van der Waals surface area contributed by atoms with Gasteiger partial charge in [-0.25, -0.2) is 0 Å². The van der Waals surface area contributed by atoms with Crippen molar-refractivity contribution in [2.45, 2.75) is 70.4 Å². The highest BCUT2D eigenvalue weighted by atomic mass is 16.5. The molecule has 0 unspecified atom stereocenters. The van der Waals surface area contributed by atoms with E-state index in [4.69, 9.17) is 4.52 Å². The molecule has 0 amide bonds. The summed E-state index contributed by atoms with van der Waals surface area (Å²) in [7, 11) is 1.97. The van der Waals surface area contributed by atoms with E-state index in [0.29, 0.717) is 18.3 Å². The first-order chi connectivity index (χ1) is 9.93. The molecule has 0 radical (unpaired) electrons. The van der Waals surface area contributed by atoms with Gasteiger partial charge in [0.1, 0.15) is 0 Å². The lowest BCUT2D eigenvalue weighted by molar-refractivity contribution is -0.141. The molecule has 118 valence electrons. The number of hydrogen-bond acceptors (Lipinski definition) is 5. The Hall–Kier alpha value is -1.43. The first-order valence-corrected chi connectivity index (χ1v) is 7.68. The molecule has 1 aromatic rings. The van der Waals surface area contributed by atoms with E-state index in [9.17, 15) is 9.90 Å². The third kappa shape index (κ3) is 3.81. The maximum Gasteiger partial charge on any atom is 0.305 e. The Bertz CT molecular complexity index is 478. The highest BCUT2D eigenvalue weighted by molar-refractivity contribution is 5.68. The van der Waals surface area contributed by atoms with Crippen molar-refractivity contribution in [3.05, 3.63) is 11.7 Å². The Kier molecular flexibility index (Phi) is 4.98. The summed E-state index contributed by atoms with van der Waals surface area (Å²) in [5.41, 5.74) is -0.281. The van der Waals surface area contributed by atoms with Crippen molar-refractivity contribution in [3.8, 4) is 0 Å². The van der Waals surface area contributed by atoms with Crippen LogP contribution in [0.3, 0.4) is 0 Å². The number of carboxylic acid groups (broad SMARTS) is 1. The van der Waals surface area contributed by atoms with Crippen molar-refractivity contribution in [3.63, 3.8) is 0 Å². The van der Waals surface area contributed by atoms with Crippen LogP contribution in [0.15, 0.2) is 4.52 Å². The van der Waals surface area contributed by atoms with Gasteiger partial charge in [-0.15, -0.1) is 0 Å². The monoisotopic (exact) mass is 295 g/mol. The summed E-state index contributed by atoms with van der Waals surface area (Å²) in [6, 6.07) is 0. The molecule has 1 heterocycles. The van der Waals surface area contributed by atoms with Gasteiger partial charge in [0, 0.05) is 11.5 Å². The van der Waals surface area contributed by atoms with E-state index in [0.717, 1.165) is 25.7 Å². The molecule has 0 atom stereocenters. The molecule has 1 N–H and O–H groups in total. The van der Waals surface area contributed by atoms with Crippen molar-refractivity contribution in [2.24, 2.45) is 0 Å². The second-order valence-corrected chi connectivity index (χ2v) is 6.41. The first-order valence-electron chi connectivity index (χ1n) is 7.68. The number of hydrogen-bond donors (Lipinski definition) is 1. The molecule has 2 rings (SSSR count). The van der Waals surface area contributed by atoms with E-state index in [-0.39, 0.29) is 17.9 Å². The lowest BCUT2D eigenvalue weighted by atomic mass is 9.78. The third-order valence-corrected chi connectivity index (χ3v) is 4.45. The lowest BCUT2D eigenvalue weighted by Crippen LogP contribution is -2.49. The van der Waals surface area contributed by atoms with Crippen molar-refractivity contribution in [1.29, 1.82) is 0 Å². The van der Waals surface area contributed by atoms with Crippen molar-refractivity contribution in [1.82, 2.24) is 15.0 Å². The summed E-state index contributed by atoms with van der Waals surface area (Å²) in [6.45, 7) is 4.55. The number of aliphatic carboxylic acids is 1. The minimum atomic E-state index is -0.739. The van der Waals surface area contributed by atoms with Gasteiger partial charge >= 0.3 is 5.97 Å². The Balaban J connectivity index is 2.10. The van der Waals surface area contributed by atoms with Gasteiger partial charge in [0.15, 0.2) is 5.82 Å². The Morgan fingerprint density at radius 1 is 1.38 bits per heavy atom. The van der Waals surface area contributed by atoms with Crippen LogP contribution < -0.4 is 0 Å². The smallest absolute Gasteiger partial charge is 0.305 e. The van der Waals surface area contributed by atoms with Crippen LogP contribution in [0.5, 0.6) is 0 Å². The molecule has 6 heteroatoms. The number of aromatic nitrogens is 2. The van der Waals surface area contributed by atoms with Crippen LogP contribution in [0.25, 0.3) is 0 Å². The highest BCUT2D eigenvalue weighted by Crippen LogP contribution is 2.36. The van der Waals surface area contributed by atoms with E-state index in [1.807, 2.05) is 20.9 Å². The minimum Gasteiger partial charge on any atom is -0.481 e. The molecule has 21 heavy (non-hydrogen) atoms. The fourth-order valence-corrected chi connectivity index (χ4v) is 3.12. The zero-order chi connectivity index (χ0) is 15.5. The summed E-state index contributed by atoms with van der Waals surface area (Å²) in [5.74, 6) is 0.762. The predicted molar refractivity (Wildman–Crippen MR) is 77.9 cm³/mol. The molecule has 1 fully saturated rings. The Morgan fingerprint density at radius 2 is 2.05 bits per heavy atom. The standard InChI is InChI=1S/C15H25N3O3/c1-11(2)14-16-12(21-17-14)10-18(3)15(9-13(19)20)7-5-4-6-8-15/h11H,4-10H2,1-3H3,(H,19,20). The van der Waals surface area contributed by atoms with Gasteiger partial charge in [0.2, 0.25) is 5.89 Å². The Morgan fingerprint density at radius 3 is 2.57 bits per heavy atom. The summed E-state index contributed by atoms with van der Waals surface area (Å²) in [4.78, 5) is 17.7. The minimum absolute atomic E-state index is 0.175. The van der Waals surface area contributed by atoms with Crippen LogP contribution in [0.4, 0.5) is 0 Å². The molecule has 1 saturated carbocycles. The van der Waals surface area contributed by atoms with Crippen LogP contribution >= 0.6 is 0 Å². The Labute approximate surface area is 125 Å². The third-order valence-electron chi connectivity index (χ3n) is 4.45. The van der Waals surface area contributed by atoms with Crippen LogP contribution in [-0.4, -0.2) is 38.7 Å². The zero-order valence-electron chi connectivity index (χ0n) is 13.1. The van der Waals surface area contributed by atoms with Crippen LogP contribution in [0.1, 0.15) is 70.0 Å². The van der Waals surface area contributed by atoms with Gasteiger partial charge in [0.05, 0.1) is 13.0 Å². The summed E-state index contributed by atoms with van der Waals surface area (Å²) in [5, 5.41) is 13.2. The second-order valence-electron chi connectivity index (χ2n) is 6.41. The van der Waals surface area contributed by atoms with E-state index in [1.165, 1.54) is 6.42 Å². The van der Waals surface area contributed by atoms with Crippen LogP contribution in [0.2, 0.25) is 0 Å². The molecule has 1 aliphatic carbocycles. The van der Waals surface area contributed by atoms with Crippen molar-refractivity contribution >= 4 is 5.97 Å².